The summed E-state index contributed by atoms with van der Waals surface area (Å²) in [5, 5.41) is 0. The molecule has 0 aromatic rings. The maximum Gasteiger partial charge on any atom is 0.472 e. The van der Waals surface area contributed by atoms with E-state index in [1.54, 1.807) is 0 Å². The van der Waals surface area contributed by atoms with Crippen LogP contribution in [-0.2, 0) is 32.7 Å². The predicted octanol–water partition coefficient (Wildman–Crippen LogP) is 20.9. The highest BCUT2D eigenvalue weighted by atomic mass is 31.2. The van der Waals surface area contributed by atoms with Crippen LogP contribution in [0.15, 0.2) is 109 Å². The van der Waals surface area contributed by atoms with E-state index in [9.17, 15) is 19.0 Å². The number of hydrogen-bond donors (Lipinski definition) is 1. The molecular formula is C70H123NO8P+. The fourth-order valence-corrected chi connectivity index (χ4v) is 9.60. The van der Waals surface area contributed by atoms with Crippen molar-refractivity contribution in [3.8, 4) is 0 Å². The van der Waals surface area contributed by atoms with Crippen molar-refractivity contribution in [1.82, 2.24) is 0 Å². The van der Waals surface area contributed by atoms with Crippen LogP contribution in [0, 0.1) is 0 Å². The molecule has 0 aliphatic rings. The Bertz CT molecular complexity index is 1720. The maximum absolute atomic E-state index is 12.9. The molecule has 0 amide bonds. The SMILES string of the molecule is CC/C=C\C/C=C\C/C=C\C/C=C\C/C=C\CCCCCCCCCCCCCCCCCCCC(=O)OC(COC(=O)CCCCCCCCCCCC/C=C\C/C=C\C/C=C\C/C=C\CC)COP(=O)(O)OCC[N+](C)(C)C. The van der Waals surface area contributed by atoms with E-state index in [0.29, 0.717) is 17.4 Å². The Morgan fingerprint density at radius 3 is 1.00 bits per heavy atom. The van der Waals surface area contributed by atoms with Crippen molar-refractivity contribution in [2.75, 3.05) is 47.5 Å². The molecular weight excluding hydrogens is 1010 g/mol. The first-order chi connectivity index (χ1) is 39.0. The zero-order valence-corrected chi connectivity index (χ0v) is 53.2. The Morgan fingerprint density at radius 2 is 0.675 bits per heavy atom. The van der Waals surface area contributed by atoms with Crippen LogP contribution in [0.4, 0.5) is 0 Å². The zero-order valence-electron chi connectivity index (χ0n) is 52.3. The van der Waals surface area contributed by atoms with Crippen molar-refractivity contribution in [2.45, 2.75) is 277 Å². The summed E-state index contributed by atoms with van der Waals surface area (Å²) in [6.45, 7) is 4.22. The van der Waals surface area contributed by atoms with Gasteiger partial charge in [0, 0.05) is 12.8 Å². The molecule has 0 aromatic carbocycles. The highest BCUT2D eigenvalue weighted by Gasteiger charge is 2.27. The number of carbonyl (C=O) groups excluding carboxylic acids is 2. The summed E-state index contributed by atoms with van der Waals surface area (Å²) in [4.78, 5) is 35.8. The molecule has 9 nitrogen and oxygen atoms in total. The lowest BCUT2D eigenvalue weighted by Crippen LogP contribution is -2.37. The number of ether oxygens (including phenoxy) is 2. The molecule has 0 aromatic heterocycles. The van der Waals surface area contributed by atoms with Gasteiger partial charge in [-0.2, -0.15) is 0 Å². The summed E-state index contributed by atoms with van der Waals surface area (Å²) in [6.07, 6.45) is 84.6. The first kappa shape index (κ1) is 76.7. The molecule has 2 atom stereocenters. The third-order valence-electron chi connectivity index (χ3n) is 13.8. The van der Waals surface area contributed by atoms with Crippen LogP contribution in [-0.4, -0.2) is 74.9 Å². The van der Waals surface area contributed by atoms with E-state index in [4.69, 9.17) is 18.5 Å². The molecule has 80 heavy (non-hydrogen) atoms. The molecule has 0 bridgehead atoms. The van der Waals surface area contributed by atoms with E-state index in [-0.39, 0.29) is 32.0 Å². The Balaban J connectivity index is 4.07. The third kappa shape index (κ3) is 63.8. The summed E-state index contributed by atoms with van der Waals surface area (Å²) in [7, 11) is 1.47. The molecule has 0 fully saturated rings. The summed E-state index contributed by atoms with van der Waals surface area (Å²) in [5.74, 6) is -0.799. The van der Waals surface area contributed by atoms with Crippen molar-refractivity contribution in [3.63, 3.8) is 0 Å². The van der Waals surface area contributed by atoms with Crippen LogP contribution >= 0.6 is 7.82 Å². The number of allylic oxidation sites excluding steroid dienone is 18. The van der Waals surface area contributed by atoms with Crippen molar-refractivity contribution in [1.29, 1.82) is 0 Å². The van der Waals surface area contributed by atoms with Crippen molar-refractivity contribution in [2.24, 2.45) is 0 Å². The van der Waals surface area contributed by atoms with Gasteiger partial charge in [-0.1, -0.05) is 271 Å². The lowest BCUT2D eigenvalue weighted by Gasteiger charge is -2.24. The van der Waals surface area contributed by atoms with Gasteiger partial charge in [-0.05, 0) is 96.3 Å². The van der Waals surface area contributed by atoms with E-state index in [1.807, 2.05) is 21.1 Å². The summed E-state index contributed by atoms with van der Waals surface area (Å²) >= 11 is 0. The van der Waals surface area contributed by atoms with Gasteiger partial charge in [0.1, 0.15) is 19.8 Å². The second kappa shape index (κ2) is 60.3. The number of hydrogen-bond acceptors (Lipinski definition) is 7. The number of unbranched alkanes of at least 4 members (excludes halogenated alkanes) is 27. The smallest absolute Gasteiger partial charge is 0.462 e. The highest BCUT2D eigenvalue weighted by Crippen LogP contribution is 2.43. The van der Waals surface area contributed by atoms with Gasteiger partial charge in [0.05, 0.1) is 27.7 Å². The standard InChI is InChI=1S/C70H122NO8P/c1-6-8-10-12-14-16-18-20-22-24-26-28-30-31-32-33-34-35-36-37-38-39-41-43-45-47-49-51-53-55-57-59-61-63-70(73)79-68(67-78-80(74,75)77-65-64-71(3,4)5)66-76-69(72)62-60-58-56-54-52-50-48-46-44-42-40-29-27-25-23-21-19-17-15-13-11-9-7-2/h8-11,14-17,20-23,26-29,31-32,68H,6-7,12-13,18-19,24-25,30,33-67H2,1-5H3/p+1/b10-8-,11-9-,16-14-,17-15-,22-20-,23-21-,28-26-,29-27-,32-31-. The van der Waals surface area contributed by atoms with E-state index >= 15 is 0 Å². The molecule has 0 heterocycles. The van der Waals surface area contributed by atoms with Crippen LogP contribution < -0.4 is 0 Å². The average Bonchev–Trinajstić information content (AvgIpc) is 3.42. The Labute approximate surface area is 493 Å². The summed E-state index contributed by atoms with van der Waals surface area (Å²) in [5.41, 5.74) is 0. The number of phosphoric ester groups is 1. The molecule has 0 saturated heterocycles. The molecule has 0 aliphatic heterocycles. The van der Waals surface area contributed by atoms with Gasteiger partial charge in [-0.25, -0.2) is 4.57 Å². The molecule has 1 N–H and O–H groups in total. The minimum absolute atomic E-state index is 0.0275. The van der Waals surface area contributed by atoms with Crippen LogP contribution in [0.2, 0.25) is 0 Å². The Hall–Kier alpha value is -3.33. The first-order valence-electron chi connectivity index (χ1n) is 32.6. The summed E-state index contributed by atoms with van der Waals surface area (Å²) < 4.78 is 34.7. The lowest BCUT2D eigenvalue weighted by atomic mass is 10.0. The quantitative estimate of drug-likeness (QED) is 0.0211. The molecule has 460 valence electrons. The van der Waals surface area contributed by atoms with Crippen molar-refractivity contribution < 1.29 is 42.1 Å². The van der Waals surface area contributed by atoms with Gasteiger partial charge >= 0.3 is 19.8 Å². The van der Waals surface area contributed by atoms with Gasteiger partial charge in [-0.3, -0.25) is 18.6 Å². The van der Waals surface area contributed by atoms with Gasteiger partial charge in [0.15, 0.2) is 6.10 Å². The largest absolute Gasteiger partial charge is 0.472 e. The van der Waals surface area contributed by atoms with E-state index in [2.05, 4.69) is 123 Å². The molecule has 0 aliphatic carbocycles. The number of likely N-dealkylation sites (N-methyl/N-ethyl adjacent to an activating group) is 1. The van der Waals surface area contributed by atoms with E-state index in [1.165, 1.54) is 135 Å². The minimum atomic E-state index is -4.40. The number of carbonyl (C=O) groups is 2. The predicted molar refractivity (Wildman–Crippen MR) is 344 cm³/mol. The summed E-state index contributed by atoms with van der Waals surface area (Å²) in [6, 6.07) is 0. The minimum Gasteiger partial charge on any atom is -0.462 e. The molecule has 0 saturated carbocycles. The zero-order chi connectivity index (χ0) is 58.4. The van der Waals surface area contributed by atoms with Crippen molar-refractivity contribution >= 4 is 19.8 Å². The molecule has 10 heteroatoms. The van der Waals surface area contributed by atoms with E-state index < -0.39 is 26.5 Å². The van der Waals surface area contributed by atoms with Gasteiger partial charge < -0.3 is 18.9 Å². The van der Waals surface area contributed by atoms with Gasteiger partial charge in [0.2, 0.25) is 0 Å². The number of nitrogens with zero attached hydrogens (tertiary/aromatic N) is 1. The van der Waals surface area contributed by atoms with Crippen LogP contribution in [0.1, 0.15) is 271 Å². The highest BCUT2D eigenvalue weighted by molar-refractivity contribution is 7.47. The van der Waals surface area contributed by atoms with Crippen LogP contribution in [0.25, 0.3) is 0 Å². The maximum atomic E-state index is 12.9. The second-order valence-corrected chi connectivity index (χ2v) is 24.2. The fraction of sp³-hybridized carbons (Fsp3) is 0.714. The van der Waals surface area contributed by atoms with Crippen LogP contribution in [0.5, 0.6) is 0 Å². The number of esters is 2. The number of rotatable bonds is 59. The van der Waals surface area contributed by atoms with Crippen molar-refractivity contribution in [3.05, 3.63) is 109 Å². The third-order valence-corrected chi connectivity index (χ3v) is 14.8. The average molecular weight is 1140 g/mol. The molecule has 0 radical (unpaired) electrons. The van der Waals surface area contributed by atoms with E-state index in [0.717, 1.165) is 103 Å². The molecule has 0 rings (SSSR count). The lowest BCUT2D eigenvalue weighted by molar-refractivity contribution is -0.870. The first-order valence-corrected chi connectivity index (χ1v) is 34.1. The monoisotopic (exact) mass is 1140 g/mol. The van der Waals surface area contributed by atoms with Gasteiger partial charge in [-0.15, -0.1) is 0 Å². The second-order valence-electron chi connectivity index (χ2n) is 22.7. The normalized spacial score (nSPS) is 13.9. The Morgan fingerprint density at radius 1 is 0.388 bits per heavy atom. The number of quaternary nitrogens is 1. The molecule has 0 spiro atoms. The number of phosphoric acid groups is 1. The Kier molecular flexibility index (Phi) is 57.8. The molecule has 2 unspecified atom stereocenters. The fourth-order valence-electron chi connectivity index (χ4n) is 8.86. The van der Waals surface area contributed by atoms with Gasteiger partial charge in [0.25, 0.3) is 0 Å². The topological polar surface area (TPSA) is 108 Å². The van der Waals surface area contributed by atoms with Crippen LogP contribution in [0.3, 0.4) is 0 Å².